The molecule has 1 heterocycles. The van der Waals surface area contributed by atoms with Gasteiger partial charge in [0.2, 0.25) is 0 Å². The van der Waals surface area contributed by atoms with Crippen LogP contribution in [-0.2, 0) is 14.8 Å². The van der Waals surface area contributed by atoms with E-state index in [1.807, 2.05) is 0 Å². The number of aryl methyl sites for hydroxylation is 1. The molecule has 0 saturated carbocycles. The van der Waals surface area contributed by atoms with E-state index in [2.05, 4.69) is 10.0 Å². The van der Waals surface area contributed by atoms with Gasteiger partial charge in [0, 0.05) is 0 Å². The molecule has 2 aromatic carbocycles. The predicted octanol–water partition coefficient (Wildman–Crippen LogP) is 2.27. The number of sulfonamides is 1. The van der Waals surface area contributed by atoms with Crippen molar-refractivity contribution in [2.45, 2.75) is 11.8 Å². The molecule has 0 fully saturated rings. The van der Waals surface area contributed by atoms with Crippen molar-refractivity contribution in [1.29, 1.82) is 0 Å². The van der Waals surface area contributed by atoms with Crippen molar-refractivity contribution < 1.29 is 22.3 Å². The lowest BCUT2D eigenvalue weighted by atomic mass is 10.2. The Labute approximate surface area is 132 Å². The van der Waals surface area contributed by atoms with E-state index in [1.165, 1.54) is 31.2 Å². The van der Waals surface area contributed by atoms with Crippen LogP contribution in [0.2, 0.25) is 0 Å². The molecule has 120 valence electrons. The second-order valence-corrected chi connectivity index (χ2v) is 6.75. The van der Waals surface area contributed by atoms with Crippen LogP contribution >= 0.6 is 0 Å². The molecule has 0 spiro atoms. The number of nitrogens with one attached hydrogen (secondary N) is 2. The molecule has 6 nitrogen and oxygen atoms in total. The molecule has 23 heavy (non-hydrogen) atoms. The topological polar surface area (TPSA) is 84.5 Å². The number of amides is 1. The summed E-state index contributed by atoms with van der Waals surface area (Å²) in [5, 5.41) is 2.59. The lowest BCUT2D eigenvalue weighted by Crippen LogP contribution is -2.25. The van der Waals surface area contributed by atoms with Gasteiger partial charge in [0.15, 0.2) is 6.61 Å². The summed E-state index contributed by atoms with van der Waals surface area (Å²) in [7, 11) is -3.86. The fourth-order valence-electron chi connectivity index (χ4n) is 2.15. The van der Waals surface area contributed by atoms with Crippen molar-refractivity contribution in [2.24, 2.45) is 0 Å². The molecule has 3 rings (SSSR count). The van der Waals surface area contributed by atoms with Crippen molar-refractivity contribution >= 4 is 27.3 Å². The minimum Gasteiger partial charge on any atom is -0.482 e. The fourth-order valence-corrected chi connectivity index (χ4v) is 3.28. The second kappa shape index (κ2) is 5.54. The maximum absolute atomic E-state index is 13.3. The van der Waals surface area contributed by atoms with Gasteiger partial charge in [-0.05, 0) is 48.9 Å². The Morgan fingerprint density at radius 3 is 2.74 bits per heavy atom. The van der Waals surface area contributed by atoms with Crippen LogP contribution in [0.4, 0.5) is 15.8 Å². The zero-order chi connectivity index (χ0) is 16.6. The first-order valence-corrected chi connectivity index (χ1v) is 8.19. The Hall–Kier alpha value is -2.61. The molecule has 0 atom stereocenters. The molecule has 1 aliphatic heterocycles. The first-order valence-electron chi connectivity index (χ1n) is 6.71. The summed E-state index contributed by atoms with van der Waals surface area (Å²) in [5.41, 5.74) is 0.882. The number of carbonyl (C=O) groups is 1. The van der Waals surface area contributed by atoms with Gasteiger partial charge in [-0.25, -0.2) is 12.8 Å². The van der Waals surface area contributed by atoms with E-state index >= 15 is 0 Å². The van der Waals surface area contributed by atoms with E-state index in [0.717, 1.165) is 6.07 Å². The van der Waals surface area contributed by atoms with Crippen LogP contribution in [0.1, 0.15) is 5.56 Å². The number of hydrogen-bond acceptors (Lipinski definition) is 4. The van der Waals surface area contributed by atoms with Crippen molar-refractivity contribution in [3.63, 3.8) is 0 Å². The molecule has 8 heteroatoms. The molecule has 2 aromatic rings. The Morgan fingerprint density at radius 2 is 2.00 bits per heavy atom. The highest BCUT2D eigenvalue weighted by molar-refractivity contribution is 7.92. The zero-order valence-corrected chi connectivity index (χ0v) is 12.9. The number of halogens is 1. The maximum Gasteiger partial charge on any atom is 0.262 e. The Kier molecular flexibility index (Phi) is 3.69. The van der Waals surface area contributed by atoms with Crippen molar-refractivity contribution in [3.8, 4) is 5.75 Å². The lowest BCUT2D eigenvalue weighted by Gasteiger charge is -2.19. The summed E-state index contributed by atoms with van der Waals surface area (Å²) >= 11 is 0. The minimum atomic E-state index is -3.86. The van der Waals surface area contributed by atoms with Gasteiger partial charge in [-0.15, -0.1) is 0 Å². The number of benzene rings is 2. The molecular formula is C15H13FN2O4S. The summed E-state index contributed by atoms with van der Waals surface area (Å²) in [6.45, 7) is 1.41. The Bertz CT molecular complexity index is 896. The molecule has 0 aromatic heterocycles. The summed E-state index contributed by atoms with van der Waals surface area (Å²) < 4.78 is 45.6. The first kappa shape index (κ1) is 15.3. The third-order valence-corrected chi connectivity index (χ3v) is 4.68. The molecule has 0 unspecified atom stereocenters. The monoisotopic (exact) mass is 336 g/mol. The highest BCUT2D eigenvalue weighted by Gasteiger charge is 2.19. The molecule has 0 radical (unpaired) electrons. The molecule has 0 bridgehead atoms. The SMILES string of the molecule is Cc1cc(S(=O)(=O)Nc2ccc3c(c2)NC(=O)CO3)ccc1F. The molecular weight excluding hydrogens is 323 g/mol. The summed E-state index contributed by atoms with van der Waals surface area (Å²) in [6.07, 6.45) is 0. The summed E-state index contributed by atoms with van der Waals surface area (Å²) in [6, 6.07) is 8.08. The van der Waals surface area contributed by atoms with Crippen LogP contribution in [0.5, 0.6) is 5.75 Å². The van der Waals surface area contributed by atoms with Gasteiger partial charge in [-0.2, -0.15) is 0 Å². The standard InChI is InChI=1S/C15H13FN2O4S/c1-9-6-11(3-4-12(9)16)23(20,21)18-10-2-5-14-13(7-10)17-15(19)8-22-14/h2-7,18H,8H2,1H3,(H,17,19). The second-order valence-electron chi connectivity index (χ2n) is 5.06. The number of hydrogen-bond donors (Lipinski definition) is 2. The predicted molar refractivity (Wildman–Crippen MR) is 82.5 cm³/mol. The number of rotatable bonds is 3. The van der Waals surface area contributed by atoms with Gasteiger partial charge < -0.3 is 10.1 Å². The Morgan fingerprint density at radius 1 is 1.22 bits per heavy atom. The van der Waals surface area contributed by atoms with Crippen LogP contribution < -0.4 is 14.8 Å². The molecule has 2 N–H and O–H groups in total. The number of ether oxygens (including phenoxy) is 1. The van der Waals surface area contributed by atoms with Crippen molar-refractivity contribution in [3.05, 3.63) is 47.8 Å². The maximum atomic E-state index is 13.3. The smallest absolute Gasteiger partial charge is 0.262 e. The van der Waals surface area contributed by atoms with Crippen LogP contribution in [0, 0.1) is 12.7 Å². The van der Waals surface area contributed by atoms with Gasteiger partial charge in [-0.1, -0.05) is 0 Å². The quantitative estimate of drug-likeness (QED) is 0.900. The molecule has 1 aliphatic rings. The van der Waals surface area contributed by atoms with E-state index < -0.39 is 15.8 Å². The number of anilines is 2. The third kappa shape index (κ3) is 3.11. The average molecular weight is 336 g/mol. The fraction of sp³-hybridized carbons (Fsp3) is 0.133. The van der Waals surface area contributed by atoms with E-state index in [-0.39, 0.29) is 28.7 Å². The lowest BCUT2D eigenvalue weighted by molar-refractivity contribution is -0.118. The van der Waals surface area contributed by atoms with Crippen molar-refractivity contribution in [1.82, 2.24) is 0 Å². The third-order valence-electron chi connectivity index (χ3n) is 3.30. The normalized spacial score (nSPS) is 13.7. The molecule has 0 aliphatic carbocycles. The molecule has 0 saturated heterocycles. The first-order chi connectivity index (χ1) is 10.8. The van der Waals surface area contributed by atoms with Crippen LogP contribution in [0.25, 0.3) is 0 Å². The van der Waals surface area contributed by atoms with E-state index in [1.54, 1.807) is 6.07 Å². The van der Waals surface area contributed by atoms with Gasteiger partial charge in [0.1, 0.15) is 11.6 Å². The average Bonchev–Trinajstić information content (AvgIpc) is 2.49. The number of carbonyl (C=O) groups excluding carboxylic acids is 1. The van der Waals surface area contributed by atoms with Gasteiger partial charge >= 0.3 is 0 Å². The van der Waals surface area contributed by atoms with Gasteiger partial charge in [-0.3, -0.25) is 9.52 Å². The zero-order valence-electron chi connectivity index (χ0n) is 12.1. The van der Waals surface area contributed by atoms with Crippen LogP contribution in [0.15, 0.2) is 41.3 Å². The highest BCUT2D eigenvalue weighted by atomic mass is 32.2. The van der Waals surface area contributed by atoms with Crippen LogP contribution in [-0.4, -0.2) is 20.9 Å². The van der Waals surface area contributed by atoms with E-state index in [4.69, 9.17) is 4.74 Å². The Balaban J connectivity index is 1.90. The minimum absolute atomic E-state index is 0.0468. The van der Waals surface area contributed by atoms with Gasteiger partial charge in [0.25, 0.3) is 15.9 Å². The summed E-state index contributed by atoms with van der Waals surface area (Å²) in [5.74, 6) is -0.325. The largest absolute Gasteiger partial charge is 0.482 e. The van der Waals surface area contributed by atoms with Gasteiger partial charge in [0.05, 0.1) is 16.3 Å². The summed E-state index contributed by atoms with van der Waals surface area (Å²) in [4.78, 5) is 11.3. The van der Waals surface area contributed by atoms with Crippen LogP contribution in [0.3, 0.4) is 0 Å². The number of fused-ring (bicyclic) bond motifs is 1. The van der Waals surface area contributed by atoms with E-state index in [9.17, 15) is 17.6 Å². The van der Waals surface area contributed by atoms with Crippen molar-refractivity contribution in [2.75, 3.05) is 16.6 Å². The highest BCUT2D eigenvalue weighted by Crippen LogP contribution is 2.31. The molecule has 1 amide bonds. The van der Waals surface area contributed by atoms with E-state index in [0.29, 0.717) is 11.4 Å².